The molecule has 1 aromatic rings. The average molecular weight is 474 g/mol. The third kappa shape index (κ3) is 4.54. The molecule has 2 N–H and O–H groups in total. The highest BCUT2D eigenvalue weighted by atomic mass is 127. The second-order valence-corrected chi connectivity index (χ2v) is 7.02. The Bertz CT molecular complexity index is 778. The third-order valence-corrected chi connectivity index (χ3v) is 4.79. The fourth-order valence-electron chi connectivity index (χ4n) is 2.05. The molecule has 0 radical (unpaired) electrons. The first kappa shape index (κ1) is 19.3. The van der Waals surface area contributed by atoms with Gasteiger partial charge in [-0.15, -0.1) is 0 Å². The number of ether oxygens (including phenoxy) is 2. The predicted octanol–water partition coefficient (Wildman–Crippen LogP) is 2.39. The second kappa shape index (κ2) is 8.39. The topological polar surface area (TPSA) is 98.9 Å². The van der Waals surface area contributed by atoms with E-state index in [1.54, 1.807) is 24.3 Å². The molecule has 0 bridgehead atoms. The van der Waals surface area contributed by atoms with Crippen LogP contribution in [0.3, 0.4) is 0 Å². The van der Waals surface area contributed by atoms with E-state index in [0.29, 0.717) is 23.7 Å². The molecule has 3 amide bonds. The minimum Gasteiger partial charge on any atom is -0.493 e. The number of benzene rings is 1. The lowest BCUT2D eigenvalue weighted by molar-refractivity contribution is -0.127. The van der Waals surface area contributed by atoms with Crippen molar-refractivity contribution in [3.05, 3.63) is 38.8 Å². The number of amides is 3. The molecule has 132 valence electrons. The smallest absolute Gasteiger partial charge is 0.294 e. The van der Waals surface area contributed by atoms with E-state index in [2.05, 4.69) is 29.2 Å². The molecule has 0 saturated carbocycles. The van der Waals surface area contributed by atoms with Crippen LogP contribution in [0.4, 0.5) is 4.79 Å². The Morgan fingerprint density at radius 2 is 2.16 bits per heavy atom. The van der Waals surface area contributed by atoms with Crippen LogP contribution in [0.15, 0.2) is 29.7 Å². The van der Waals surface area contributed by atoms with Crippen LogP contribution >= 0.6 is 34.4 Å². The van der Waals surface area contributed by atoms with Gasteiger partial charge in [0, 0.05) is 0 Å². The molecule has 1 fully saturated rings. The number of halogens is 1. The molecule has 1 saturated heterocycles. The molecule has 0 spiro atoms. The molecule has 9 heteroatoms. The van der Waals surface area contributed by atoms with Gasteiger partial charge in [-0.2, -0.15) is 0 Å². The maximum Gasteiger partial charge on any atom is 0.294 e. The summed E-state index contributed by atoms with van der Waals surface area (Å²) >= 11 is 2.85. The minimum absolute atomic E-state index is 0.212. The van der Waals surface area contributed by atoms with Gasteiger partial charge in [0.15, 0.2) is 11.5 Å². The number of methoxy groups -OCH3 is 1. The number of nitrogens with two attached hydrogens (primary N) is 1. The SMILES string of the molecule is C=CCOc1c(I)cc(/C=C2\SC(=O)N(CC(N)=O)C2=O)cc1OC. The summed E-state index contributed by atoms with van der Waals surface area (Å²) in [6.45, 7) is 3.50. The van der Waals surface area contributed by atoms with Gasteiger partial charge in [0.25, 0.3) is 11.1 Å². The standard InChI is InChI=1S/C16H15IN2O5S/c1-3-4-24-14-10(17)5-9(6-11(14)23-2)7-12-15(21)19(8-13(18)20)16(22)25-12/h3,5-7H,1,4,8H2,2H3,(H2,18,20)/b12-7-. The maximum absolute atomic E-state index is 12.2. The van der Waals surface area contributed by atoms with Crippen molar-refractivity contribution in [2.45, 2.75) is 0 Å². The van der Waals surface area contributed by atoms with Crippen molar-refractivity contribution in [2.24, 2.45) is 5.73 Å². The molecular weight excluding hydrogens is 459 g/mol. The van der Waals surface area contributed by atoms with Crippen LogP contribution in [0.5, 0.6) is 11.5 Å². The van der Waals surface area contributed by atoms with Gasteiger partial charge < -0.3 is 15.2 Å². The summed E-state index contributed by atoms with van der Waals surface area (Å²) in [5.74, 6) is -0.225. The van der Waals surface area contributed by atoms with Crippen molar-refractivity contribution in [2.75, 3.05) is 20.3 Å². The number of hydrogen-bond donors (Lipinski definition) is 1. The van der Waals surface area contributed by atoms with Crippen molar-refractivity contribution >= 4 is 57.5 Å². The first-order valence-corrected chi connectivity index (χ1v) is 8.91. The van der Waals surface area contributed by atoms with Gasteiger partial charge in [0.05, 0.1) is 15.6 Å². The van der Waals surface area contributed by atoms with Gasteiger partial charge in [-0.05, 0) is 58.1 Å². The minimum atomic E-state index is -0.747. The van der Waals surface area contributed by atoms with E-state index in [0.717, 1.165) is 20.2 Å². The fourth-order valence-corrected chi connectivity index (χ4v) is 3.67. The summed E-state index contributed by atoms with van der Waals surface area (Å²) in [5, 5.41) is -0.525. The van der Waals surface area contributed by atoms with E-state index in [4.69, 9.17) is 15.2 Å². The predicted molar refractivity (Wildman–Crippen MR) is 103 cm³/mol. The number of primary amides is 1. The molecule has 1 heterocycles. The number of nitrogens with zero attached hydrogens (tertiary/aromatic N) is 1. The molecule has 1 aromatic carbocycles. The van der Waals surface area contributed by atoms with Gasteiger partial charge in [0.2, 0.25) is 5.91 Å². The first-order valence-electron chi connectivity index (χ1n) is 7.02. The van der Waals surface area contributed by atoms with Crippen molar-refractivity contribution in [1.29, 1.82) is 0 Å². The van der Waals surface area contributed by atoms with Crippen molar-refractivity contribution < 1.29 is 23.9 Å². The average Bonchev–Trinajstić information content (AvgIpc) is 2.80. The van der Waals surface area contributed by atoms with Crippen LogP contribution in [0.2, 0.25) is 0 Å². The Labute approximate surface area is 162 Å². The van der Waals surface area contributed by atoms with E-state index in [-0.39, 0.29) is 4.91 Å². The van der Waals surface area contributed by atoms with Crippen LogP contribution in [-0.2, 0) is 9.59 Å². The number of rotatable bonds is 7. The lowest BCUT2D eigenvalue weighted by atomic mass is 10.2. The zero-order valence-electron chi connectivity index (χ0n) is 13.3. The van der Waals surface area contributed by atoms with Crippen molar-refractivity contribution in [1.82, 2.24) is 4.90 Å². The van der Waals surface area contributed by atoms with Gasteiger partial charge in [-0.25, -0.2) is 0 Å². The van der Waals surface area contributed by atoms with Gasteiger partial charge in [0.1, 0.15) is 13.2 Å². The van der Waals surface area contributed by atoms with E-state index < -0.39 is 23.6 Å². The number of imide groups is 1. The molecule has 2 rings (SSSR count). The quantitative estimate of drug-likeness (QED) is 0.370. The zero-order valence-corrected chi connectivity index (χ0v) is 16.3. The molecule has 7 nitrogen and oxygen atoms in total. The molecule has 0 aliphatic carbocycles. The monoisotopic (exact) mass is 474 g/mol. The lowest BCUT2D eigenvalue weighted by Gasteiger charge is -2.12. The van der Waals surface area contributed by atoms with E-state index in [1.807, 2.05) is 0 Å². The highest BCUT2D eigenvalue weighted by molar-refractivity contribution is 14.1. The molecular formula is C16H15IN2O5S. The third-order valence-electron chi connectivity index (χ3n) is 3.08. The van der Waals surface area contributed by atoms with Crippen molar-refractivity contribution in [3.8, 4) is 11.5 Å². The van der Waals surface area contributed by atoms with Gasteiger partial charge in [-0.3, -0.25) is 19.3 Å². The Balaban J connectivity index is 2.33. The summed E-state index contributed by atoms with van der Waals surface area (Å²) in [6.07, 6.45) is 3.19. The van der Waals surface area contributed by atoms with Crippen LogP contribution < -0.4 is 15.2 Å². The Morgan fingerprint density at radius 3 is 2.76 bits per heavy atom. The molecule has 0 unspecified atom stereocenters. The number of carbonyl (C=O) groups excluding carboxylic acids is 3. The highest BCUT2D eigenvalue weighted by Gasteiger charge is 2.35. The Kier molecular flexibility index (Phi) is 6.48. The Morgan fingerprint density at radius 1 is 1.44 bits per heavy atom. The molecule has 1 aliphatic heterocycles. The lowest BCUT2D eigenvalue weighted by Crippen LogP contribution is -2.36. The van der Waals surface area contributed by atoms with Crippen LogP contribution in [0.25, 0.3) is 6.08 Å². The van der Waals surface area contributed by atoms with Gasteiger partial charge in [-0.1, -0.05) is 12.7 Å². The van der Waals surface area contributed by atoms with Crippen LogP contribution in [-0.4, -0.2) is 42.2 Å². The zero-order chi connectivity index (χ0) is 18.6. The normalized spacial score (nSPS) is 15.6. The number of carbonyl (C=O) groups is 3. The number of thioether (sulfide) groups is 1. The summed E-state index contributed by atoms with van der Waals surface area (Å²) in [7, 11) is 1.51. The molecule has 1 aliphatic rings. The maximum atomic E-state index is 12.2. The fraction of sp³-hybridized carbons (Fsp3) is 0.188. The molecule has 0 aromatic heterocycles. The Hall–Kier alpha value is -2.01. The molecule has 0 atom stereocenters. The van der Waals surface area contributed by atoms with E-state index in [9.17, 15) is 14.4 Å². The summed E-state index contributed by atoms with van der Waals surface area (Å²) in [5.41, 5.74) is 5.72. The largest absolute Gasteiger partial charge is 0.493 e. The summed E-state index contributed by atoms with van der Waals surface area (Å²) in [4.78, 5) is 36.1. The summed E-state index contributed by atoms with van der Waals surface area (Å²) in [6, 6.07) is 3.49. The van der Waals surface area contributed by atoms with E-state index >= 15 is 0 Å². The number of hydrogen-bond acceptors (Lipinski definition) is 6. The van der Waals surface area contributed by atoms with E-state index in [1.165, 1.54) is 7.11 Å². The van der Waals surface area contributed by atoms with Gasteiger partial charge >= 0.3 is 0 Å². The second-order valence-electron chi connectivity index (χ2n) is 4.87. The van der Waals surface area contributed by atoms with Crippen LogP contribution in [0.1, 0.15) is 5.56 Å². The highest BCUT2D eigenvalue weighted by Crippen LogP contribution is 2.37. The van der Waals surface area contributed by atoms with Crippen molar-refractivity contribution in [3.63, 3.8) is 0 Å². The van der Waals surface area contributed by atoms with Crippen LogP contribution in [0, 0.1) is 3.57 Å². The summed E-state index contributed by atoms with van der Waals surface area (Å²) < 4.78 is 11.7. The molecule has 25 heavy (non-hydrogen) atoms. The first-order chi connectivity index (χ1) is 11.9.